The van der Waals surface area contributed by atoms with Gasteiger partial charge in [0.25, 0.3) is 0 Å². The van der Waals surface area contributed by atoms with Gasteiger partial charge in [-0.25, -0.2) is 4.79 Å². The summed E-state index contributed by atoms with van der Waals surface area (Å²) in [5, 5.41) is 18.7. The fourth-order valence-corrected chi connectivity index (χ4v) is 3.35. The molecule has 0 aromatic rings. The maximum absolute atomic E-state index is 11.0. The third-order valence-corrected chi connectivity index (χ3v) is 4.36. The van der Waals surface area contributed by atoms with Crippen LogP contribution in [0, 0.1) is 16.7 Å². The number of rotatable bonds is 2. The monoisotopic (exact) mass is 264 g/mol. The maximum Gasteiger partial charge on any atom is 0.330 e. The molecule has 1 aliphatic rings. The fraction of sp³-hybridized carbons (Fsp3) is 0.733. The van der Waals surface area contributed by atoms with E-state index in [-0.39, 0.29) is 16.7 Å². The topological polar surface area (TPSA) is 64.3 Å². The zero-order valence-electron chi connectivity index (χ0n) is 12.7. The van der Waals surface area contributed by atoms with Crippen LogP contribution in [0.25, 0.3) is 0 Å². The van der Waals surface area contributed by atoms with Crippen LogP contribution in [-0.2, 0) is 4.79 Å². The van der Waals surface area contributed by atoms with Gasteiger partial charge in [-0.3, -0.25) is 4.90 Å². The Hall–Kier alpha value is -1.34. The molecular formula is C15H24N2O2. The molecule has 19 heavy (non-hydrogen) atoms. The van der Waals surface area contributed by atoms with Gasteiger partial charge in [0.2, 0.25) is 0 Å². The molecular weight excluding hydrogens is 240 g/mol. The number of carboxylic acid groups (broad SMARTS) is 1. The first-order valence-electron chi connectivity index (χ1n) is 6.54. The van der Waals surface area contributed by atoms with Crippen LogP contribution < -0.4 is 0 Å². The van der Waals surface area contributed by atoms with E-state index in [1.54, 1.807) is 13.0 Å². The van der Waals surface area contributed by atoms with Crippen LogP contribution >= 0.6 is 0 Å². The van der Waals surface area contributed by atoms with Gasteiger partial charge in [0.05, 0.1) is 11.5 Å². The van der Waals surface area contributed by atoms with Crippen molar-refractivity contribution in [1.82, 2.24) is 4.90 Å². The Bertz CT molecular complexity index is 437. The van der Waals surface area contributed by atoms with Crippen LogP contribution in [0.5, 0.6) is 0 Å². The Labute approximate surface area is 115 Å². The standard InChI is InChI=1S/C15H24N2O2/c1-11(12(18)19)7-15(10-16)8-13(2,3)17(6)14(4,5)9-15/h7H,8-9H2,1-6H3,(H,18,19). The molecule has 1 aliphatic heterocycles. The lowest BCUT2D eigenvalue weighted by Gasteiger charge is -2.55. The van der Waals surface area contributed by atoms with Crippen LogP contribution in [0.3, 0.4) is 0 Å². The summed E-state index contributed by atoms with van der Waals surface area (Å²) in [4.78, 5) is 13.3. The molecule has 1 rings (SSSR count). The Kier molecular flexibility index (Phi) is 3.84. The quantitative estimate of drug-likeness (QED) is 0.779. The summed E-state index contributed by atoms with van der Waals surface area (Å²) in [6.45, 7) is 9.96. The zero-order chi connectivity index (χ0) is 15.1. The number of piperidine rings is 1. The molecule has 1 fully saturated rings. The first-order chi connectivity index (χ1) is 8.46. The molecule has 0 radical (unpaired) electrons. The Morgan fingerprint density at radius 1 is 1.26 bits per heavy atom. The van der Waals surface area contributed by atoms with E-state index in [1.807, 2.05) is 0 Å². The van der Waals surface area contributed by atoms with Crippen molar-refractivity contribution in [2.24, 2.45) is 5.41 Å². The molecule has 106 valence electrons. The summed E-state index contributed by atoms with van der Waals surface area (Å²) in [5.41, 5.74) is -0.751. The summed E-state index contributed by atoms with van der Waals surface area (Å²) >= 11 is 0. The largest absolute Gasteiger partial charge is 0.478 e. The van der Waals surface area contributed by atoms with Gasteiger partial charge in [-0.15, -0.1) is 0 Å². The number of carbonyl (C=O) groups is 1. The van der Waals surface area contributed by atoms with Gasteiger partial charge >= 0.3 is 5.97 Å². The molecule has 0 bridgehead atoms. The van der Waals surface area contributed by atoms with Crippen LogP contribution in [0.15, 0.2) is 11.6 Å². The molecule has 0 aromatic carbocycles. The summed E-state index contributed by atoms with van der Waals surface area (Å²) < 4.78 is 0. The first-order valence-corrected chi connectivity index (χ1v) is 6.54. The number of likely N-dealkylation sites (tertiary alicyclic amines) is 1. The average Bonchev–Trinajstić information content (AvgIpc) is 2.24. The molecule has 4 nitrogen and oxygen atoms in total. The highest BCUT2D eigenvalue weighted by Crippen LogP contribution is 2.48. The van der Waals surface area contributed by atoms with Gasteiger partial charge in [-0.2, -0.15) is 5.26 Å². The first kappa shape index (κ1) is 15.7. The number of hydrogen-bond donors (Lipinski definition) is 1. The number of aliphatic carboxylic acids is 1. The molecule has 0 amide bonds. The van der Waals surface area contributed by atoms with Gasteiger partial charge in [-0.05, 0) is 54.5 Å². The maximum atomic E-state index is 11.0. The van der Waals surface area contributed by atoms with Crippen LogP contribution in [-0.4, -0.2) is 34.1 Å². The molecule has 0 spiro atoms. The lowest BCUT2D eigenvalue weighted by atomic mass is 9.64. The average molecular weight is 264 g/mol. The highest BCUT2D eigenvalue weighted by molar-refractivity contribution is 5.86. The van der Waals surface area contributed by atoms with Crippen molar-refractivity contribution < 1.29 is 9.90 Å². The van der Waals surface area contributed by atoms with E-state index >= 15 is 0 Å². The molecule has 0 saturated carbocycles. The predicted molar refractivity (Wildman–Crippen MR) is 74.6 cm³/mol. The third kappa shape index (κ3) is 2.98. The van der Waals surface area contributed by atoms with Crippen LogP contribution in [0.1, 0.15) is 47.5 Å². The van der Waals surface area contributed by atoms with Gasteiger partial charge in [0, 0.05) is 16.7 Å². The van der Waals surface area contributed by atoms with Gasteiger partial charge in [-0.1, -0.05) is 6.08 Å². The summed E-state index contributed by atoms with van der Waals surface area (Å²) in [5.74, 6) is -0.954. The lowest BCUT2D eigenvalue weighted by molar-refractivity contribution is -0.132. The number of carboxylic acids is 1. The van der Waals surface area contributed by atoms with Crippen molar-refractivity contribution in [3.8, 4) is 6.07 Å². The Morgan fingerprint density at radius 2 is 1.68 bits per heavy atom. The minimum Gasteiger partial charge on any atom is -0.478 e. The van der Waals surface area contributed by atoms with Gasteiger partial charge < -0.3 is 5.11 Å². The van der Waals surface area contributed by atoms with E-state index in [0.717, 1.165) is 0 Å². The van der Waals surface area contributed by atoms with Crippen LogP contribution in [0.4, 0.5) is 0 Å². The highest BCUT2D eigenvalue weighted by atomic mass is 16.4. The van der Waals surface area contributed by atoms with E-state index < -0.39 is 11.4 Å². The van der Waals surface area contributed by atoms with Crippen molar-refractivity contribution in [3.63, 3.8) is 0 Å². The molecule has 0 unspecified atom stereocenters. The fourth-order valence-electron chi connectivity index (χ4n) is 3.35. The number of allylic oxidation sites excluding steroid dienone is 1. The molecule has 0 aliphatic carbocycles. The lowest BCUT2D eigenvalue weighted by Crippen LogP contribution is -2.61. The van der Waals surface area contributed by atoms with Crippen molar-refractivity contribution in [2.45, 2.75) is 58.5 Å². The van der Waals surface area contributed by atoms with Crippen molar-refractivity contribution >= 4 is 5.97 Å². The summed E-state index contributed by atoms with van der Waals surface area (Å²) in [6.07, 6.45) is 2.92. The predicted octanol–water partition coefficient (Wildman–Crippen LogP) is 2.81. The Morgan fingerprint density at radius 3 is 2.00 bits per heavy atom. The molecule has 0 aromatic heterocycles. The second-order valence-corrected chi connectivity index (χ2v) is 6.94. The van der Waals surface area contributed by atoms with Gasteiger partial charge in [0.15, 0.2) is 0 Å². The minimum atomic E-state index is -0.954. The molecule has 1 heterocycles. The zero-order valence-corrected chi connectivity index (χ0v) is 12.7. The van der Waals surface area contributed by atoms with E-state index in [2.05, 4.69) is 45.7 Å². The second-order valence-electron chi connectivity index (χ2n) is 6.94. The molecule has 4 heteroatoms. The highest BCUT2D eigenvalue weighted by Gasteiger charge is 2.50. The van der Waals surface area contributed by atoms with E-state index in [4.69, 9.17) is 5.11 Å². The molecule has 0 atom stereocenters. The normalized spacial score (nSPS) is 25.6. The van der Waals surface area contributed by atoms with E-state index in [0.29, 0.717) is 12.8 Å². The number of hydrogen-bond acceptors (Lipinski definition) is 3. The second kappa shape index (κ2) is 4.64. The molecule has 1 saturated heterocycles. The van der Waals surface area contributed by atoms with E-state index in [9.17, 15) is 10.1 Å². The van der Waals surface area contributed by atoms with Crippen molar-refractivity contribution in [1.29, 1.82) is 5.26 Å². The van der Waals surface area contributed by atoms with Crippen LogP contribution in [0.2, 0.25) is 0 Å². The van der Waals surface area contributed by atoms with E-state index in [1.165, 1.54) is 0 Å². The summed E-state index contributed by atoms with van der Waals surface area (Å²) in [7, 11) is 2.06. The minimum absolute atomic E-state index is 0.146. The Balaban J connectivity index is 3.28. The molecule has 1 N–H and O–H groups in total. The smallest absolute Gasteiger partial charge is 0.330 e. The number of nitriles is 1. The summed E-state index contributed by atoms with van der Waals surface area (Å²) in [6, 6.07) is 2.37. The SMILES string of the molecule is CC(=CC1(C#N)CC(C)(C)N(C)C(C)(C)C1)C(=O)O. The van der Waals surface area contributed by atoms with Gasteiger partial charge in [0.1, 0.15) is 0 Å². The number of nitrogens with zero attached hydrogens (tertiary/aromatic N) is 2. The third-order valence-electron chi connectivity index (χ3n) is 4.36. The van der Waals surface area contributed by atoms with Crippen molar-refractivity contribution in [2.75, 3.05) is 7.05 Å². The van der Waals surface area contributed by atoms with Crippen molar-refractivity contribution in [3.05, 3.63) is 11.6 Å².